The number of thiophene rings is 1. The minimum atomic E-state index is -1.55. The number of carbonyl (C=O) groups is 2. The number of carbonyl (C=O) groups excluding carboxylic acids is 2. The largest absolute Gasteiger partial charge is 0.367 e. The number of hydrogen-bond donors (Lipinski definition) is 2. The first kappa shape index (κ1) is 13.7. The molecule has 0 aliphatic heterocycles. The van der Waals surface area contributed by atoms with Gasteiger partial charge in [-0.1, -0.05) is 17.7 Å². The van der Waals surface area contributed by atoms with Gasteiger partial charge in [0.2, 0.25) is 5.78 Å². The first-order chi connectivity index (χ1) is 9.08. The van der Waals surface area contributed by atoms with Crippen LogP contribution in [-0.2, 0) is 0 Å². The number of halogens is 1. The topological polar surface area (TPSA) is 66.4 Å². The Morgan fingerprint density at radius 2 is 1.89 bits per heavy atom. The van der Waals surface area contributed by atoms with E-state index in [4.69, 9.17) is 11.6 Å². The lowest BCUT2D eigenvalue weighted by Crippen LogP contribution is -2.40. The molecule has 1 aromatic heterocycles. The minimum absolute atomic E-state index is 0.322. The maximum absolute atomic E-state index is 11.8. The Labute approximate surface area is 118 Å². The van der Waals surface area contributed by atoms with Crippen molar-refractivity contribution in [3.05, 3.63) is 57.2 Å². The van der Waals surface area contributed by atoms with E-state index < -0.39 is 17.9 Å². The summed E-state index contributed by atoms with van der Waals surface area (Å²) in [6, 6.07) is 9.43. The Morgan fingerprint density at radius 3 is 2.47 bits per heavy atom. The van der Waals surface area contributed by atoms with Gasteiger partial charge in [0.05, 0.1) is 4.88 Å². The predicted molar refractivity (Wildman–Crippen MR) is 73.6 cm³/mol. The summed E-state index contributed by atoms with van der Waals surface area (Å²) in [6.07, 6.45) is -1.55. The molecular formula is C13H10ClNO3S. The molecule has 98 valence electrons. The van der Waals surface area contributed by atoms with Crippen LogP contribution in [0, 0.1) is 0 Å². The van der Waals surface area contributed by atoms with Gasteiger partial charge in [-0.2, -0.15) is 0 Å². The van der Waals surface area contributed by atoms with E-state index in [-0.39, 0.29) is 0 Å². The molecule has 1 amide bonds. The number of hydrogen-bond acceptors (Lipinski definition) is 4. The number of Topliss-reactive ketones (excluding diaryl/α,β-unsaturated/α-hetero) is 1. The molecule has 0 spiro atoms. The molecule has 0 fully saturated rings. The van der Waals surface area contributed by atoms with E-state index in [1.807, 2.05) is 0 Å². The zero-order valence-electron chi connectivity index (χ0n) is 9.67. The smallest absolute Gasteiger partial charge is 0.253 e. The van der Waals surface area contributed by atoms with E-state index in [0.717, 1.165) is 0 Å². The van der Waals surface area contributed by atoms with E-state index in [1.165, 1.54) is 23.5 Å². The summed E-state index contributed by atoms with van der Waals surface area (Å²) >= 11 is 6.91. The van der Waals surface area contributed by atoms with Gasteiger partial charge in [0.1, 0.15) is 0 Å². The molecule has 4 nitrogen and oxygen atoms in total. The average molecular weight is 296 g/mol. The molecular weight excluding hydrogens is 286 g/mol. The normalized spacial score (nSPS) is 11.9. The maximum atomic E-state index is 11.8. The van der Waals surface area contributed by atoms with Crippen LogP contribution in [0.1, 0.15) is 20.0 Å². The first-order valence-electron chi connectivity index (χ1n) is 5.40. The molecule has 0 unspecified atom stereocenters. The van der Waals surface area contributed by atoms with Gasteiger partial charge in [-0.3, -0.25) is 9.59 Å². The second kappa shape index (κ2) is 5.97. The summed E-state index contributed by atoms with van der Waals surface area (Å²) in [7, 11) is 0. The number of ketones is 1. The molecule has 0 radical (unpaired) electrons. The predicted octanol–water partition coefficient (Wildman–Crippen LogP) is 2.33. The Bertz CT molecular complexity index is 580. The monoisotopic (exact) mass is 295 g/mol. The molecule has 6 heteroatoms. The summed E-state index contributed by atoms with van der Waals surface area (Å²) in [5.41, 5.74) is 0.322. The fourth-order valence-electron chi connectivity index (χ4n) is 1.43. The van der Waals surface area contributed by atoms with Gasteiger partial charge in [0.15, 0.2) is 6.23 Å². The fourth-order valence-corrected chi connectivity index (χ4v) is 2.24. The number of amides is 1. The van der Waals surface area contributed by atoms with Crippen molar-refractivity contribution in [3.8, 4) is 0 Å². The molecule has 0 aliphatic rings. The Hall–Kier alpha value is -1.69. The zero-order valence-corrected chi connectivity index (χ0v) is 11.2. The number of aliphatic hydroxyl groups excluding tert-OH is 1. The van der Waals surface area contributed by atoms with Crippen molar-refractivity contribution in [1.82, 2.24) is 5.32 Å². The third-order valence-corrected chi connectivity index (χ3v) is 3.52. The SMILES string of the molecule is O=C(N[C@H](O)C(=O)c1cccs1)c1ccc(Cl)cc1. The van der Waals surface area contributed by atoms with Gasteiger partial charge < -0.3 is 10.4 Å². The summed E-state index contributed by atoms with van der Waals surface area (Å²) in [6.45, 7) is 0. The van der Waals surface area contributed by atoms with Gasteiger partial charge in [0, 0.05) is 10.6 Å². The number of benzene rings is 1. The zero-order chi connectivity index (χ0) is 13.8. The van der Waals surface area contributed by atoms with Gasteiger partial charge in [-0.05, 0) is 35.7 Å². The Morgan fingerprint density at radius 1 is 1.21 bits per heavy atom. The van der Waals surface area contributed by atoms with Crippen molar-refractivity contribution in [1.29, 1.82) is 0 Å². The molecule has 2 rings (SSSR count). The standard InChI is InChI=1S/C13H10ClNO3S/c14-9-5-3-8(4-6-9)12(17)15-13(18)11(16)10-2-1-7-19-10/h1-7,13,18H,(H,15,17)/t13-/m1/s1. The highest BCUT2D eigenvalue weighted by molar-refractivity contribution is 7.12. The van der Waals surface area contributed by atoms with Crippen molar-refractivity contribution in [3.63, 3.8) is 0 Å². The van der Waals surface area contributed by atoms with Gasteiger partial charge in [-0.25, -0.2) is 0 Å². The van der Waals surface area contributed by atoms with E-state index in [2.05, 4.69) is 5.32 Å². The van der Waals surface area contributed by atoms with Crippen LogP contribution in [0.3, 0.4) is 0 Å². The number of nitrogens with one attached hydrogen (secondary N) is 1. The van der Waals surface area contributed by atoms with Crippen LogP contribution in [0.2, 0.25) is 5.02 Å². The Kier molecular flexibility index (Phi) is 4.31. The van der Waals surface area contributed by atoms with Crippen molar-refractivity contribution >= 4 is 34.6 Å². The molecule has 0 saturated heterocycles. The average Bonchev–Trinajstić information content (AvgIpc) is 2.92. The molecule has 1 aromatic carbocycles. The minimum Gasteiger partial charge on any atom is -0.367 e. The van der Waals surface area contributed by atoms with Crippen LogP contribution in [0.4, 0.5) is 0 Å². The summed E-state index contributed by atoms with van der Waals surface area (Å²) in [5, 5.41) is 14.1. The molecule has 0 saturated carbocycles. The van der Waals surface area contributed by atoms with Gasteiger partial charge in [-0.15, -0.1) is 11.3 Å². The van der Waals surface area contributed by atoms with Crippen molar-refractivity contribution in [2.75, 3.05) is 0 Å². The van der Waals surface area contributed by atoms with Crippen LogP contribution in [0.5, 0.6) is 0 Å². The highest BCUT2D eigenvalue weighted by Gasteiger charge is 2.20. The highest BCUT2D eigenvalue weighted by atomic mass is 35.5. The van der Waals surface area contributed by atoms with E-state index in [1.54, 1.807) is 29.6 Å². The van der Waals surface area contributed by atoms with Crippen LogP contribution in [-0.4, -0.2) is 23.0 Å². The Balaban J connectivity index is 2.02. The summed E-state index contributed by atoms with van der Waals surface area (Å²) < 4.78 is 0. The molecule has 19 heavy (non-hydrogen) atoms. The molecule has 1 atom stereocenters. The second-order valence-electron chi connectivity index (χ2n) is 3.72. The molecule has 0 aliphatic carbocycles. The van der Waals surface area contributed by atoms with Crippen molar-refractivity contribution in [2.24, 2.45) is 0 Å². The highest BCUT2D eigenvalue weighted by Crippen LogP contribution is 2.12. The lowest BCUT2D eigenvalue weighted by Gasteiger charge is -2.10. The quantitative estimate of drug-likeness (QED) is 0.672. The van der Waals surface area contributed by atoms with Crippen LogP contribution < -0.4 is 5.32 Å². The molecule has 1 heterocycles. The molecule has 0 bridgehead atoms. The lowest BCUT2D eigenvalue weighted by molar-refractivity contribution is 0.0610. The van der Waals surface area contributed by atoms with Crippen LogP contribution in [0.15, 0.2) is 41.8 Å². The number of rotatable bonds is 4. The first-order valence-corrected chi connectivity index (χ1v) is 6.66. The van der Waals surface area contributed by atoms with Crippen molar-refractivity contribution in [2.45, 2.75) is 6.23 Å². The third kappa shape index (κ3) is 3.41. The van der Waals surface area contributed by atoms with E-state index in [9.17, 15) is 14.7 Å². The fraction of sp³-hybridized carbons (Fsp3) is 0.0769. The van der Waals surface area contributed by atoms with Gasteiger partial charge in [0.25, 0.3) is 5.91 Å². The summed E-state index contributed by atoms with van der Waals surface area (Å²) in [4.78, 5) is 23.9. The van der Waals surface area contributed by atoms with Crippen LogP contribution in [0.25, 0.3) is 0 Å². The molecule has 2 aromatic rings. The lowest BCUT2D eigenvalue weighted by atomic mass is 10.2. The van der Waals surface area contributed by atoms with Crippen molar-refractivity contribution < 1.29 is 14.7 Å². The maximum Gasteiger partial charge on any atom is 0.253 e. The van der Waals surface area contributed by atoms with Gasteiger partial charge >= 0.3 is 0 Å². The van der Waals surface area contributed by atoms with Crippen LogP contribution >= 0.6 is 22.9 Å². The van der Waals surface area contributed by atoms with E-state index in [0.29, 0.717) is 15.5 Å². The number of aliphatic hydroxyl groups is 1. The summed E-state index contributed by atoms with van der Waals surface area (Å²) in [5.74, 6) is -1.06. The molecule has 2 N–H and O–H groups in total. The van der Waals surface area contributed by atoms with E-state index >= 15 is 0 Å². The third-order valence-electron chi connectivity index (χ3n) is 2.39. The second-order valence-corrected chi connectivity index (χ2v) is 5.11.